The van der Waals surface area contributed by atoms with Gasteiger partial charge in [0.15, 0.2) is 0 Å². The molecule has 2 aliphatic heterocycles. The van der Waals surface area contributed by atoms with Crippen LogP contribution in [0.4, 0.5) is 18.0 Å². The molecule has 2 heterocycles. The number of halogens is 3. The van der Waals surface area contributed by atoms with Gasteiger partial charge in [-0.2, -0.15) is 13.2 Å². The number of carbonyl (C=O) groups is 1. The molecule has 5 nitrogen and oxygen atoms in total. The molecular formula is C21H29F3N2O3. The fourth-order valence-corrected chi connectivity index (χ4v) is 4.63. The molecule has 1 N–H and O–H groups in total. The highest BCUT2D eigenvalue weighted by Gasteiger charge is 2.55. The third-order valence-corrected chi connectivity index (χ3v) is 6.43. The minimum Gasteiger partial charge on any atom is -0.465 e. The molecule has 162 valence electrons. The van der Waals surface area contributed by atoms with Crippen LogP contribution in [0.3, 0.4) is 0 Å². The molecule has 2 atom stereocenters. The highest BCUT2D eigenvalue weighted by molar-refractivity contribution is 5.67. The average molecular weight is 414 g/mol. The number of rotatable bonds is 3. The van der Waals surface area contributed by atoms with Crippen LogP contribution in [0.5, 0.6) is 0 Å². The Morgan fingerprint density at radius 2 is 1.76 bits per heavy atom. The van der Waals surface area contributed by atoms with Gasteiger partial charge in [0.2, 0.25) is 0 Å². The van der Waals surface area contributed by atoms with Gasteiger partial charge in [-0.25, -0.2) is 4.79 Å². The average Bonchev–Trinajstić information content (AvgIpc) is 3.03. The molecule has 1 aromatic carbocycles. The molecule has 3 rings (SSSR count). The number of hydrogen-bond donors (Lipinski definition) is 1. The topological polar surface area (TPSA) is 53.0 Å². The Labute approximate surface area is 169 Å². The molecule has 0 saturated carbocycles. The smallest absolute Gasteiger partial charge is 0.416 e. The van der Waals surface area contributed by atoms with Crippen LogP contribution in [0, 0.1) is 5.41 Å². The summed E-state index contributed by atoms with van der Waals surface area (Å²) in [4.78, 5) is 16.0. The Hall–Kier alpha value is -1.80. The summed E-state index contributed by atoms with van der Waals surface area (Å²) in [6.07, 6.45) is -4.79. The summed E-state index contributed by atoms with van der Waals surface area (Å²) in [5.41, 5.74) is -0.921. The third kappa shape index (κ3) is 4.38. The first-order valence-electron chi connectivity index (χ1n) is 9.92. The van der Waals surface area contributed by atoms with E-state index in [1.807, 2.05) is 20.8 Å². The summed E-state index contributed by atoms with van der Waals surface area (Å²) in [5.74, 6) is -0.145. The quantitative estimate of drug-likeness (QED) is 0.802. The Kier molecular flexibility index (Phi) is 5.89. The predicted molar refractivity (Wildman–Crippen MR) is 103 cm³/mol. The van der Waals surface area contributed by atoms with Crippen molar-refractivity contribution in [1.29, 1.82) is 0 Å². The monoisotopic (exact) mass is 414 g/mol. The van der Waals surface area contributed by atoms with Crippen molar-refractivity contribution in [1.82, 2.24) is 9.80 Å². The molecule has 0 aromatic heterocycles. The minimum atomic E-state index is -4.38. The van der Waals surface area contributed by atoms with Crippen LogP contribution < -0.4 is 0 Å². The van der Waals surface area contributed by atoms with Crippen LogP contribution in [-0.4, -0.2) is 65.9 Å². The number of morpholine rings is 1. The Morgan fingerprint density at radius 1 is 1.17 bits per heavy atom. The van der Waals surface area contributed by atoms with Crippen molar-refractivity contribution in [2.75, 3.05) is 39.4 Å². The summed E-state index contributed by atoms with van der Waals surface area (Å²) < 4.78 is 44.1. The number of amides is 1. The summed E-state index contributed by atoms with van der Waals surface area (Å²) in [6.45, 7) is 9.72. The second kappa shape index (κ2) is 7.80. The summed E-state index contributed by atoms with van der Waals surface area (Å²) in [6, 6.07) is 5.14. The first kappa shape index (κ1) is 21.9. The lowest BCUT2D eigenvalue weighted by Gasteiger charge is -2.50. The second-order valence-corrected chi connectivity index (χ2v) is 9.08. The number of carboxylic acid groups (broad SMARTS) is 1. The van der Waals surface area contributed by atoms with Crippen LogP contribution in [0.2, 0.25) is 0 Å². The van der Waals surface area contributed by atoms with Gasteiger partial charge in [-0.15, -0.1) is 0 Å². The molecule has 1 unspecified atom stereocenters. The molecular weight excluding hydrogens is 385 g/mol. The van der Waals surface area contributed by atoms with Gasteiger partial charge in [-0.1, -0.05) is 32.9 Å². The molecule has 0 radical (unpaired) electrons. The molecule has 0 bridgehead atoms. The maximum absolute atomic E-state index is 12.9. The lowest BCUT2D eigenvalue weighted by molar-refractivity contribution is -0.137. The maximum Gasteiger partial charge on any atom is 0.416 e. The van der Waals surface area contributed by atoms with E-state index < -0.39 is 23.4 Å². The fourth-order valence-electron chi connectivity index (χ4n) is 4.63. The van der Waals surface area contributed by atoms with Crippen LogP contribution in [-0.2, 0) is 10.9 Å². The van der Waals surface area contributed by atoms with Gasteiger partial charge < -0.3 is 14.7 Å². The normalized spacial score (nSPS) is 26.7. The molecule has 0 spiro atoms. The molecule has 2 fully saturated rings. The SMILES string of the molecule is CC(C)(C)[C@]1(CN2CCOCC2)CC(c2ccc(C(F)(F)F)cc2)CN1C(=O)O. The van der Waals surface area contributed by atoms with Crippen LogP contribution in [0.1, 0.15) is 44.2 Å². The Morgan fingerprint density at radius 3 is 2.24 bits per heavy atom. The van der Waals surface area contributed by atoms with E-state index in [1.54, 1.807) is 0 Å². The van der Waals surface area contributed by atoms with E-state index in [-0.39, 0.29) is 17.9 Å². The standard InChI is InChI=1S/C21H29F3N2O3/c1-19(2,3)20(14-25-8-10-29-11-9-25)12-16(13-26(20)18(27)28)15-4-6-17(7-5-15)21(22,23)24/h4-7,16H,8-14H2,1-3H3,(H,27,28)/t16?,20-/m1/s1. The molecule has 0 aliphatic carbocycles. The largest absolute Gasteiger partial charge is 0.465 e. The van der Waals surface area contributed by atoms with Gasteiger partial charge in [0.05, 0.1) is 24.3 Å². The van der Waals surface area contributed by atoms with E-state index in [0.29, 0.717) is 26.2 Å². The van der Waals surface area contributed by atoms with E-state index in [4.69, 9.17) is 4.74 Å². The number of ether oxygens (including phenoxy) is 1. The molecule has 8 heteroatoms. The van der Waals surface area contributed by atoms with Gasteiger partial charge >= 0.3 is 12.3 Å². The molecule has 2 aliphatic rings. The van der Waals surface area contributed by atoms with Crippen molar-refractivity contribution in [2.45, 2.75) is 44.8 Å². The van der Waals surface area contributed by atoms with Gasteiger partial charge in [-0.3, -0.25) is 4.90 Å². The summed E-state index contributed by atoms with van der Waals surface area (Å²) >= 11 is 0. The zero-order chi connectivity index (χ0) is 21.4. The first-order chi connectivity index (χ1) is 13.4. The molecule has 2 saturated heterocycles. The Bertz CT molecular complexity index is 724. The van der Waals surface area contributed by atoms with Crippen LogP contribution in [0.25, 0.3) is 0 Å². The van der Waals surface area contributed by atoms with Crippen molar-refractivity contribution in [3.8, 4) is 0 Å². The highest BCUT2D eigenvalue weighted by atomic mass is 19.4. The minimum absolute atomic E-state index is 0.145. The predicted octanol–water partition coefficient (Wildman–Crippen LogP) is 4.29. The summed E-state index contributed by atoms with van der Waals surface area (Å²) in [7, 11) is 0. The molecule has 1 aromatic rings. The Balaban J connectivity index is 1.92. The van der Waals surface area contributed by atoms with Crippen molar-refractivity contribution in [3.63, 3.8) is 0 Å². The lowest BCUT2D eigenvalue weighted by Crippen LogP contribution is -2.62. The summed E-state index contributed by atoms with van der Waals surface area (Å²) in [5, 5.41) is 9.99. The van der Waals surface area contributed by atoms with Crippen molar-refractivity contribution in [3.05, 3.63) is 35.4 Å². The number of benzene rings is 1. The first-order valence-corrected chi connectivity index (χ1v) is 9.92. The van der Waals surface area contributed by atoms with Crippen molar-refractivity contribution >= 4 is 6.09 Å². The van der Waals surface area contributed by atoms with E-state index >= 15 is 0 Å². The number of alkyl halides is 3. The van der Waals surface area contributed by atoms with Gasteiger partial charge in [0, 0.05) is 32.1 Å². The molecule has 29 heavy (non-hydrogen) atoms. The zero-order valence-electron chi connectivity index (χ0n) is 17.1. The van der Waals surface area contributed by atoms with Gasteiger partial charge in [-0.05, 0) is 29.5 Å². The molecule has 1 amide bonds. The van der Waals surface area contributed by atoms with E-state index in [9.17, 15) is 23.1 Å². The fraction of sp³-hybridized carbons (Fsp3) is 0.667. The van der Waals surface area contributed by atoms with Crippen molar-refractivity contribution in [2.24, 2.45) is 5.41 Å². The van der Waals surface area contributed by atoms with Crippen molar-refractivity contribution < 1.29 is 27.8 Å². The van der Waals surface area contributed by atoms with Crippen LogP contribution >= 0.6 is 0 Å². The lowest BCUT2D eigenvalue weighted by atomic mass is 9.69. The zero-order valence-corrected chi connectivity index (χ0v) is 17.1. The van der Waals surface area contributed by atoms with E-state index in [2.05, 4.69) is 4.90 Å². The van der Waals surface area contributed by atoms with Crippen LogP contribution in [0.15, 0.2) is 24.3 Å². The van der Waals surface area contributed by atoms with Gasteiger partial charge in [0.25, 0.3) is 0 Å². The van der Waals surface area contributed by atoms with Gasteiger partial charge in [0.1, 0.15) is 0 Å². The third-order valence-electron chi connectivity index (χ3n) is 6.43. The maximum atomic E-state index is 12.9. The van der Waals surface area contributed by atoms with E-state index in [0.717, 1.165) is 30.8 Å². The second-order valence-electron chi connectivity index (χ2n) is 9.08. The number of hydrogen-bond acceptors (Lipinski definition) is 3. The highest BCUT2D eigenvalue weighted by Crippen LogP contribution is 2.49. The van der Waals surface area contributed by atoms with E-state index in [1.165, 1.54) is 17.0 Å². The number of nitrogens with zero attached hydrogens (tertiary/aromatic N) is 2. The number of likely N-dealkylation sites (tertiary alicyclic amines) is 1.